The van der Waals surface area contributed by atoms with Crippen LogP contribution in [0.3, 0.4) is 0 Å². The lowest BCUT2D eigenvalue weighted by Crippen LogP contribution is -2.25. The average Bonchev–Trinajstić information content (AvgIpc) is 2.50. The highest BCUT2D eigenvalue weighted by atomic mass is 35.7. The second-order valence-electron chi connectivity index (χ2n) is 4.87. The van der Waals surface area contributed by atoms with E-state index in [9.17, 15) is 8.42 Å². The van der Waals surface area contributed by atoms with Crippen molar-refractivity contribution in [2.75, 3.05) is 7.11 Å². The number of methoxy groups -OCH3 is 1. The minimum Gasteiger partial charge on any atom is -0.379 e. The van der Waals surface area contributed by atoms with Crippen LogP contribution in [0.2, 0.25) is 0 Å². The molecule has 0 bridgehead atoms. The molecule has 18 heavy (non-hydrogen) atoms. The van der Waals surface area contributed by atoms with Crippen molar-refractivity contribution in [1.29, 1.82) is 0 Å². The SMILES string of the molecule is COC(C)(C)CCn1nc(C)c(S(=O)(=O)Cl)c1C. The van der Waals surface area contributed by atoms with Crippen LogP contribution < -0.4 is 0 Å². The molecule has 0 N–H and O–H groups in total. The summed E-state index contributed by atoms with van der Waals surface area (Å²) >= 11 is 0. The summed E-state index contributed by atoms with van der Waals surface area (Å²) in [6, 6.07) is 0. The quantitative estimate of drug-likeness (QED) is 0.782. The molecule has 5 nitrogen and oxygen atoms in total. The van der Waals surface area contributed by atoms with Gasteiger partial charge in [-0.2, -0.15) is 5.10 Å². The summed E-state index contributed by atoms with van der Waals surface area (Å²) in [6.45, 7) is 7.87. The van der Waals surface area contributed by atoms with Gasteiger partial charge < -0.3 is 4.74 Å². The maximum absolute atomic E-state index is 11.4. The molecule has 104 valence electrons. The van der Waals surface area contributed by atoms with Gasteiger partial charge in [0.05, 0.1) is 17.0 Å². The van der Waals surface area contributed by atoms with Gasteiger partial charge in [-0.1, -0.05) is 0 Å². The predicted molar refractivity (Wildman–Crippen MR) is 70.4 cm³/mol. The zero-order chi connectivity index (χ0) is 14.1. The molecule has 0 amide bonds. The highest BCUT2D eigenvalue weighted by Gasteiger charge is 2.23. The first-order chi connectivity index (χ1) is 8.08. The van der Waals surface area contributed by atoms with Gasteiger partial charge in [-0.15, -0.1) is 0 Å². The molecule has 0 saturated carbocycles. The van der Waals surface area contributed by atoms with Crippen LogP contribution in [-0.2, 0) is 20.3 Å². The molecule has 0 fully saturated rings. The fourth-order valence-electron chi connectivity index (χ4n) is 1.73. The van der Waals surface area contributed by atoms with E-state index in [1.807, 2.05) is 13.8 Å². The summed E-state index contributed by atoms with van der Waals surface area (Å²) in [5, 5.41) is 4.21. The van der Waals surface area contributed by atoms with E-state index in [1.54, 1.807) is 25.6 Å². The number of aryl methyl sites for hydroxylation is 2. The van der Waals surface area contributed by atoms with Gasteiger partial charge in [-0.3, -0.25) is 4.68 Å². The van der Waals surface area contributed by atoms with Crippen molar-refractivity contribution >= 4 is 19.7 Å². The van der Waals surface area contributed by atoms with Gasteiger partial charge in [-0.05, 0) is 34.1 Å². The Hall–Kier alpha value is -0.590. The normalized spacial score (nSPS) is 13.0. The van der Waals surface area contributed by atoms with Crippen molar-refractivity contribution in [3.05, 3.63) is 11.4 Å². The Kier molecular flexibility index (Phi) is 4.46. The lowest BCUT2D eigenvalue weighted by atomic mass is 10.1. The Morgan fingerprint density at radius 3 is 2.33 bits per heavy atom. The largest absolute Gasteiger partial charge is 0.379 e. The van der Waals surface area contributed by atoms with E-state index in [4.69, 9.17) is 15.4 Å². The van der Waals surface area contributed by atoms with Gasteiger partial charge >= 0.3 is 0 Å². The average molecular weight is 295 g/mol. The molecule has 0 aliphatic carbocycles. The van der Waals surface area contributed by atoms with Crippen LogP contribution in [-0.4, -0.2) is 30.9 Å². The number of aromatic nitrogens is 2. The fraction of sp³-hybridized carbons (Fsp3) is 0.727. The van der Waals surface area contributed by atoms with Crippen LogP contribution >= 0.6 is 10.7 Å². The third-order valence-electron chi connectivity index (χ3n) is 3.04. The molecule has 0 spiro atoms. The van der Waals surface area contributed by atoms with Crippen LogP contribution in [0.15, 0.2) is 4.90 Å². The minimum atomic E-state index is -3.75. The van der Waals surface area contributed by atoms with Crippen molar-refractivity contribution < 1.29 is 13.2 Å². The second-order valence-corrected chi connectivity index (χ2v) is 7.38. The summed E-state index contributed by atoms with van der Waals surface area (Å²) in [6.07, 6.45) is 0.729. The summed E-state index contributed by atoms with van der Waals surface area (Å²) < 4.78 is 29.8. The lowest BCUT2D eigenvalue weighted by molar-refractivity contribution is 0.0112. The van der Waals surface area contributed by atoms with Crippen molar-refractivity contribution in [2.45, 2.75) is 51.2 Å². The Morgan fingerprint density at radius 2 is 1.94 bits per heavy atom. The fourth-order valence-corrected chi connectivity index (χ4v) is 3.25. The number of hydrogen-bond acceptors (Lipinski definition) is 4. The molecule has 1 rings (SSSR count). The van der Waals surface area contributed by atoms with Crippen LogP contribution in [0, 0.1) is 13.8 Å². The molecule has 0 saturated heterocycles. The molecular weight excluding hydrogens is 276 g/mol. The van der Waals surface area contributed by atoms with E-state index in [-0.39, 0.29) is 10.5 Å². The van der Waals surface area contributed by atoms with E-state index in [0.29, 0.717) is 17.9 Å². The number of rotatable bonds is 5. The van der Waals surface area contributed by atoms with Crippen molar-refractivity contribution in [3.63, 3.8) is 0 Å². The predicted octanol–water partition coefficient (Wildman–Crippen LogP) is 2.24. The van der Waals surface area contributed by atoms with Gasteiger partial charge in [0, 0.05) is 24.3 Å². The summed E-state index contributed by atoms with van der Waals surface area (Å²) in [4.78, 5) is 0.111. The van der Waals surface area contributed by atoms with E-state index in [0.717, 1.165) is 6.42 Å². The van der Waals surface area contributed by atoms with Crippen LogP contribution in [0.25, 0.3) is 0 Å². The molecular formula is C11H19ClN2O3S. The Bertz CT molecular complexity index is 535. The molecule has 0 unspecified atom stereocenters. The summed E-state index contributed by atoms with van der Waals surface area (Å²) in [5.74, 6) is 0. The van der Waals surface area contributed by atoms with Crippen LogP contribution in [0.5, 0.6) is 0 Å². The zero-order valence-corrected chi connectivity index (χ0v) is 12.9. The van der Waals surface area contributed by atoms with Gasteiger partial charge in [-0.25, -0.2) is 8.42 Å². The van der Waals surface area contributed by atoms with E-state index < -0.39 is 9.05 Å². The highest BCUT2D eigenvalue weighted by molar-refractivity contribution is 8.13. The van der Waals surface area contributed by atoms with E-state index in [1.165, 1.54) is 0 Å². The molecule has 7 heteroatoms. The van der Waals surface area contributed by atoms with Crippen molar-refractivity contribution in [2.24, 2.45) is 0 Å². The van der Waals surface area contributed by atoms with Crippen molar-refractivity contribution in [1.82, 2.24) is 9.78 Å². The topological polar surface area (TPSA) is 61.2 Å². The Morgan fingerprint density at radius 1 is 1.39 bits per heavy atom. The smallest absolute Gasteiger partial charge is 0.264 e. The number of nitrogens with zero attached hydrogens (tertiary/aromatic N) is 2. The summed E-state index contributed by atoms with van der Waals surface area (Å²) in [5.41, 5.74) is 0.721. The van der Waals surface area contributed by atoms with Gasteiger partial charge in [0.15, 0.2) is 0 Å². The highest BCUT2D eigenvalue weighted by Crippen LogP contribution is 2.24. The maximum Gasteiger partial charge on any atom is 0.264 e. The summed E-state index contributed by atoms with van der Waals surface area (Å²) in [7, 11) is 3.30. The Balaban J connectivity index is 3.01. The van der Waals surface area contributed by atoms with Gasteiger partial charge in [0.1, 0.15) is 4.90 Å². The first kappa shape index (κ1) is 15.5. The first-order valence-corrected chi connectivity index (χ1v) is 7.93. The molecule has 1 heterocycles. The number of halogens is 1. The number of hydrogen-bond donors (Lipinski definition) is 0. The van der Waals surface area contributed by atoms with Gasteiger partial charge in [0.25, 0.3) is 9.05 Å². The Labute approximate surface area is 113 Å². The molecule has 0 radical (unpaired) electrons. The van der Waals surface area contributed by atoms with Gasteiger partial charge in [0.2, 0.25) is 0 Å². The monoisotopic (exact) mass is 294 g/mol. The van der Waals surface area contributed by atoms with Crippen molar-refractivity contribution in [3.8, 4) is 0 Å². The molecule has 1 aromatic rings. The second kappa shape index (κ2) is 5.19. The zero-order valence-electron chi connectivity index (χ0n) is 11.3. The van der Waals surface area contributed by atoms with Crippen LogP contribution in [0.4, 0.5) is 0 Å². The lowest BCUT2D eigenvalue weighted by Gasteiger charge is -2.22. The van der Waals surface area contributed by atoms with E-state index in [2.05, 4.69) is 5.10 Å². The molecule has 1 aromatic heterocycles. The number of ether oxygens (including phenoxy) is 1. The third-order valence-corrected chi connectivity index (χ3v) is 4.58. The standard InChI is InChI=1S/C11H19ClN2O3S/c1-8-10(18(12,15)16)9(2)14(13-8)7-6-11(3,4)17-5/h6-7H2,1-5H3. The first-order valence-electron chi connectivity index (χ1n) is 5.62. The van der Waals surface area contributed by atoms with Crippen LogP contribution in [0.1, 0.15) is 31.7 Å². The molecule has 0 aliphatic rings. The molecule has 0 aromatic carbocycles. The third kappa shape index (κ3) is 3.46. The van der Waals surface area contributed by atoms with E-state index >= 15 is 0 Å². The minimum absolute atomic E-state index is 0.111. The maximum atomic E-state index is 11.4. The molecule has 0 aliphatic heterocycles. The molecule has 0 atom stereocenters.